The highest BCUT2D eigenvalue weighted by atomic mass is 35.5. The first kappa shape index (κ1) is 18.7. The Labute approximate surface area is 147 Å². The summed E-state index contributed by atoms with van der Waals surface area (Å²) >= 11 is 5.83. The Balaban J connectivity index is 1.87. The molecular weight excluding hydrogens is 330 g/mol. The van der Waals surface area contributed by atoms with Gasteiger partial charge in [0.25, 0.3) is 0 Å². The second-order valence-corrected chi connectivity index (χ2v) is 6.24. The van der Waals surface area contributed by atoms with Crippen LogP contribution in [0.3, 0.4) is 0 Å². The number of nitrogens with zero attached hydrogens (tertiary/aromatic N) is 1. The van der Waals surface area contributed by atoms with Crippen molar-refractivity contribution in [2.75, 3.05) is 38.2 Å². The predicted molar refractivity (Wildman–Crippen MR) is 94.2 cm³/mol. The summed E-state index contributed by atoms with van der Waals surface area (Å²) in [6.07, 6.45) is 1.14. The second-order valence-electron chi connectivity index (χ2n) is 5.80. The summed E-state index contributed by atoms with van der Waals surface area (Å²) in [7, 11) is 0. The first-order chi connectivity index (χ1) is 11.6. The lowest BCUT2D eigenvalue weighted by molar-refractivity contribution is -0.135. The quantitative estimate of drug-likeness (QED) is 0.785. The number of benzene rings is 1. The van der Waals surface area contributed by atoms with Gasteiger partial charge in [-0.05, 0) is 30.7 Å². The molecule has 1 aliphatic rings. The Morgan fingerprint density at radius 1 is 1.38 bits per heavy atom. The van der Waals surface area contributed by atoms with Crippen molar-refractivity contribution in [2.45, 2.75) is 25.8 Å². The number of carbonyl (C=O) groups excluding carboxylic acids is 2. The fraction of sp³-hybridized carbons (Fsp3) is 0.529. The van der Waals surface area contributed by atoms with E-state index in [0.29, 0.717) is 36.9 Å². The van der Waals surface area contributed by atoms with Crippen LogP contribution >= 0.6 is 11.6 Å². The van der Waals surface area contributed by atoms with Gasteiger partial charge in [-0.3, -0.25) is 9.59 Å². The summed E-state index contributed by atoms with van der Waals surface area (Å²) < 4.78 is 5.37. The van der Waals surface area contributed by atoms with Crippen molar-refractivity contribution in [3.05, 3.63) is 29.3 Å². The lowest BCUT2D eigenvalue weighted by atomic mass is 10.1. The molecule has 0 spiro atoms. The molecule has 2 rings (SSSR count). The van der Waals surface area contributed by atoms with Crippen LogP contribution < -0.4 is 10.6 Å². The standard InChI is InChI=1S/C17H24ClN3O3/c1-2-8-21(17(23)10-15-12-24-9-7-19-15)11-16(22)20-14-5-3-13(18)4-6-14/h3-6,15,19H,2,7-12H2,1H3,(H,20,22). The Bertz CT molecular complexity index is 545. The van der Waals surface area contributed by atoms with Gasteiger partial charge in [0.15, 0.2) is 0 Å². The first-order valence-electron chi connectivity index (χ1n) is 8.22. The molecule has 1 aromatic carbocycles. The van der Waals surface area contributed by atoms with Crippen molar-refractivity contribution >= 4 is 29.1 Å². The van der Waals surface area contributed by atoms with Crippen LogP contribution in [0.4, 0.5) is 5.69 Å². The van der Waals surface area contributed by atoms with Gasteiger partial charge in [-0.2, -0.15) is 0 Å². The van der Waals surface area contributed by atoms with E-state index >= 15 is 0 Å². The maximum Gasteiger partial charge on any atom is 0.243 e. The van der Waals surface area contributed by atoms with Crippen LogP contribution in [0.15, 0.2) is 24.3 Å². The number of carbonyl (C=O) groups is 2. The van der Waals surface area contributed by atoms with Gasteiger partial charge >= 0.3 is 0 Å². The molecule has 7 heteroatoms. The Morgan fingerprint density at radius 2 is 2.12 bits per heavy atom. The monoisotopic (exact) mass is 353 g/mol. The average Bonchev–Trinajstić information content (AvgIpc) is 2.57. The number of ether oxygens (including phenoxy) is 1. The highest BCUT2D eigenvalue weighted by Crippen LogP contribution is 2.13. The minimum Gasteiger partial charge on any atom is -0.378 e. The molecule has 0 radical (unpaired) electrons. The lowest BCUT2D eigenvalue weighted by Crippen LogP contribution is -2.46. The second kappa shape index (κ2) is 9.61. The highest BCUT2D eigenvalue weighted by Gasteiger charge is 2.22. The van der Waals surface area contributed by atoms with Crippen molar-refractivity contribution in [1.82, 2.24) is 10.2 Å². The fourth-order valence-electron chi connectivity index (χ4n) is 2.56. The zero-order valence-electron chi connectivity index (χ0n) is 13.9. The summed E-state index contributed by atoms with van der Waals surface area (Å²) in [4.78, 5) is 26.3. The Hall–Kier alpha value is -1.63. The largest absolute Gasteiger partial charge is 0.378 e. The Morgan fingerprint density at radius 3 is 2.75 bits per heavy atom. The van der Waals surface area contributed by atoms with Crippen LogP contribution in [0.5, 0.6) is 0 Å². The van der Waals surface area contributed by atoms with E-state index in [2.05, 4.69) is 10.6 Å². The molecule has 24 heavy (non-hydrogen) atoms. The van der Waals surface area contributed by atoms with Gasteiger partial charge in [0, 0.05) is 36.3 Å². The van der Waals surface area contributed by atoms with Gasteiger partial charge < -0.3 is 20.3 Å². The molecule has 2 amide bonds. The number of amides is 2. The average molecular weight is 354 g/mol. The molecule has 1 saturated heterocycles. The molecule has 1 atom stereocenters. The molecule has 1 aromatic rings. The molecule has 1 fully saturated rings. The van der Waals surface area contributed by atoms with Crippen LogP contribution in [0.2, 0.25) is 5.02 Å². The van der Waals surface area contributed by atoms with Gasteiger partial charge in [-0.1, -0.05) is 18.5 Å². The van der Waals surface area contributed by atoms with Crippen LogP contribution in [-0.4, -0.2) is 55.6 Å². The van der Waals surface area contributed by atoms with E-state index in [9.17, 15) is 9.59 Å². The zero-order valence-corrected chi connectivity index (χ0v) is 14.6. The third kappa shape index (κ3) is 6.11. The lowest BCUT2D eigenvalue weighted by Gasteiger charge is -2.27. The normalized spacial score (nSPS) is 17.3. The molecule has 0 aliphatic carbocycles. The van der Waals surface area contributed by atoms with Crippen LogP contribution in [0, 0.1) is 0 Å². The van der Waals surface area contributed by atoms with Crippen molar-refractivity contribution in [3.8, 4) is 0 Å². The summed E-state index contributed by atoms with van der Waals surface area (Å²) in [6, 6.07) is 6.90. The topological polar surface area (TPSA) is 70.7 Å². The molecule has 0 saturated carbocycles. The smallest absolute Gasteiger partial charge is 0.243 e. The van der Waals surface area contributed by atoms with E-state index in [1.807, 2.05) is 6.92 Å². The van der Waals surface area contributed by atoms with Crippen molar-refractivity contribution in [2.24, 2.45) is 0 Å². The SMILES string of the molecule is CCCN(CC(=O)Nc1ccc(Cl)cc1)C(=O)CC1COCCN1. The minimum atomic E-state index is -0.216. The molecule has 6 nitrogen and oxygen atoms in total. The summed E-state index contributed by atoms with van der Waals surface area (Å²) in [6.45, 7) is 4.54. The molecule has 1 aliphatic heterocycles. The van der Waals surface area contributed by atoms with Crippen molar-refractivity contribution < 1.29 is 14.3 Å². The van der Waals surface area contributed by atoms with E-state index in [1.165, 1.54) is 0 Å². The number of rotatable bonds is 7. The van der Waals surface area contributed by atoms with Crippen molar-refractivity contribution in [1.29, 1.82) is 0 Å². The first-order valence-corrected chi connectivity index (χ1v) is 8.60. The molecule has 2 N–H and O–H groups in total. The summed E-state index contributed by atoms with van der Waals surface area (Å²) in [5.74, 6) is -0.252. The summed E-state index contributed by atoms with van der Waals surface area (Å²) in [5.41, 5.74) is 0.663. The summed E-state index contributed by atoms with van der Waals surface area (Å²) in [5, 5.41) is 6.65. The van der Waals surface area contributed by atoms with Gasteiger partial charge in [0.2, 0.25) is 11.8 Å². The van der Waals surface area contributed by atoms with Crippen LogP contribution in [0.1, 0.15) is 19.8 Å². The molecule has 1 heterocycles. The Kier molecular flexibility index (Phi) is 7.49. The zero-order chi connectivity index (χ0) is 17.4. The van der Waals surface area contributed by atoms with E-state index < -0.39 is 0 Å². The number of nitrogens with one attached hydrogen (secondary N) is 2. The van der Waals surface area contributed by atoms with E-state index in [4.69, 9.17) is 16.3 Å². The highest BCUT2D eigenvalue weighted by molar-refractivity contribution is 6.30. The van der Waals surface area contributed by atoms with Crippen molar-refractivity contribution in [3.63, 3.8) is 0 Å². The van der Waals surface area contributed by atoms with E-state index in [-0.39, 0.29) is 24.4 Å². The molecule has 1 unspecified atom stereocenters. The molecule has 0 bridgehead atoms. The maximum atomic E-state index is 12.5. The van der Waals surface area contributed by atoms with Crippen LogP contribution in [0.25, 0.3) is 0 Å². The number of halogens is 1. The molecule has 0 aromatic heterocycles. The minimum absolute atomic E-state index is 0.0185. The third-order valence-electron chi connectivity index (χ3n) is 3.73. The predicted octanol–water partition coefficient (Wildman–Crippen LogP) is 1.90. The third-order valence-corrected chi connectivity index (χ3v) is 3.98. The van der Waals surface area contributed by atoms with E-state index in [0.717, 1.165) is 13.0 Å². The van der Waals surface area contributed by atoms with E-state index in [1.54, 1.807) is 29.2 Å². The number of hydrogen-bond donors (Lipinski definition) is 2. The van der Waals surface area contributed by atoms with Gasteiger partial charge in [-0.15, -0.1) is 0 Å². The van der Waals surface area contributed by atoms with Crippen LogP contribution in [-0.2, 0) is 14.3 Å². The molecule has 132 valence electrons. The van der Waals surface area contributed by atoms with Gasteiger partial charge in [0.05, 0.1) is 19.8 Å². The van der Waals surface area contributed by atoms with Gasteiger partial charge in [0.1, 0.15) is 0 Å². The number of hydrogen-bond acceptors (Lipinski definition) is 4. The number of anilines is 1. The maximum absolute atomic E-state index is 12.5. The number of morpholine rings is 1. The molecular formula is C17H24ClN3O3. The van der Waals surface area contributed by atoms with Gasteiger partial charge in [-0.25, -0.2) is 0 Å². The fourth-order valence-corrected chi connectivity index (χ4v) is 2.69.